The van der Waals surface area contributed by atoms with Crippen molar-refractivity contribution in [3.63, 3.8) is 0 Å². The third-order valence-electron chi connectivity index (χ3n) is 4.69. The summed E-state index contributed by atoms with van der Waals surface area (Å²) in [4.78, 5) is 2.81. The van der Waals surface area contributed by atoms with E-state index in [1.807, 2.05) is 0 Å². The Morgan fingerprint density at radius 3 is 2.68 bits per heavy atom. The molecule has 1 saturated heterocycles. The molecule has 0 saturated carbocycles. The van der Waals surface area contributed by atoms with E-state index < -0.39 is 0 Å². The fraction of sp³-hybridized carbons (Fsp3) is 1.00. The molecule has 0 aromatic rings. The number of nitrogens with one attached hydrogen (secondary N) is 1. The Hall–Kier alpha value is -0.0800. The van der Waals surface area contributed by atoms with Gasteiger partial charge in [0.05, 0.1) is 0 Å². The van der Waals surface area contributed by atoms with Crippen molar-refractivity contribution in [3.05, 3.63) is 0 Å². The molecule has 1 N–H and O–H groups in total. The summed E-state index contributed by atoms with van der Waals surface area (Å²) in [5.41, 5.74) is 0. The van der Waals surface area contributed by atoms with Crippen molar-refractivity contribution in [2.75, 3.05) is 20.1 Å². The normalized spacial score (nSPS) is 22.6. The monoisotopic (exact) mass is 268 g/mol. The molecular formula is C17H36N2. The average molecular weight is 268 g/mol. The van der Waals surface area contributed by atoms with Crippen LogP contribution in [0.4, 0.5) is 0 Å². The van der Waals surface area contributed by atoms with Gasteiger partial charge in [-0.2, -0.15) is 0 Å². The van der Waals surface area contributed by atoms with Crippen LogP contribution in [0.1, 0.15) is 78.1 Å². The van der Waals surface area contributed by atoms with Gasteiger partial charge in [-0.05, 0) is 52.7 Å². The Balaban J connectivity index is 2.24. The van der Waals surface area contributed by atoms with Crippen molar-refractivity contribution < 1.29 is 0 Å². The molecule has 1 aliphatic rings. The smallest absolute Gasteiger partial charge is 0.0110 e. The zero-order chi connectivity index (χ0) is 13.9. The zero-order valence-corrected chi connectivity index (χ0v) is 13.6. The van der Waals surface area contributed by atoms with Gasteiger partial charge in [0.25, 0.3) is 0 Å². The number of unbranched alkanes of at least 4 members (excludes halogenated alkanes) is 4. The molecule has 0 amide bonds. The molecule has 1 fully saturated rings. The van der Waals surface area contributed by atoms with Crippen LogP contribution in [0.3, 0.4) is 0 Å². The van der Waals surface area contributed by atoms with Crippen LogP contribution < -0.4 is 5.32 Å². The summed E-state index contributed by atoms with van der Waals surface area (Å²) in [5, 5.41) is 3.31. The van der Waals surface area contributed by atoms with Gasteiger partial charge in [-0.3, -0.25) is 4.90 Å². The number of likely N-dealkylation sites (tertiary alicyclic amines) is 1. The van der Waals surface area contributed by atoms with Crippen LogP contribution in [0.15, 0.2) is 0 Å². The van der Waals surface area contributed by atoms with Crippen molar-refractivity contribution in [1.82, 2.24) is 10.2 Å². The lowest BCUT2D eigenvalue weighted by Crippen LogP contribution is -2.46. The largest absolute Gasteiger partial charge is 0.320 e. The molecule has 0 radical (unpaired) electrons. The highest BCUT2D eigenvalue weighted by Crippen LogP contribution is 2.24. The van der Waals surface area contributed by atoms with Crippen molar-refractivity contribution in [2.24, 2.45) is 0 Å². The third-order valence-corrected chi connectivity index (χ3v) is 4.69. The highest BCUT2D eigenvalue weighted by Gasteiger charge is 2.25. The van der Waals surface area contributed by atoms with E-state index in [0.29, 0.717) is 0 Å². The number of hydrogen-bond acceptors (Lipinski definition) is 2. The molecule has 114 valence electrons. The maximum atomic E-state index is 3.31. The third kappa shape index (κ3) is 6.76. The lowest BCUT2D eigenvalue weighted by Gasteiger charge is -2.40. The molecule has 2 atom stereocenters. The Bertz CT molecular complexity index is 205. The first-order chi connectivity index (χ1) is 9.29. The summed E-state index contributed by atoms with van der Waals surface area (Å²) >= 11 is 0. The van der Waals surface area contributed by atoms with Crippen molar-refractivity contribution >= 4 is 0 Å². The summed E-state index contributed by atoms with van der Waals surface area (Å²) in [6.07, 6.45) is 14.1. The van der Waals surface area contributed by atoms with E-state index in [1.54, 1.807) is 0 Å². The maximum Gasteiger partial charge on any atom is 0.0110 e. The standard InChI is InChI=1S/C17H36N2/c1-4-5-6-7-8-11-16(2)19-15-10-9-12-17(19)13-14-18-3/h16-18H,4-15H2,1-3H3. The van der Waals surface area contributed by atoms with Crippen LogP contribution >= 0.6 is 0 Å². The Labute approximate surface area is 121 Å². The minimum atomic E-state index is 0.795. The van der Waals surface area contributed by atoms with Gasteiger partial charge in [0.1, 0.15) is 0 Å². The van der Waals surface area contributed by atoms with E-state index >= 15 is 0 Å². The molecule has 2 unspecified atom stereocenters. The summed E-state index contributed by atoms with van der Waals surface area (Å²) in [6.45, 7) is 7.26. The quantitative estimate of drug-likeness (QED) is 0.597. The van der Waals surface area contributed by atoms with Crippen LogP contribution in [0.5, 0.6) is 0 Å². The highest BCUT2D eigenvalue weighted by atomic mass is 15.2. The van der Waals surface area contributed by atoms with E-state index in [0.717, 1.165) is 12.1 Å². The molecule has 2 nitrogen and oxygen atoms in total. The summed E-state index contributed by atoms with van der Waals surface area (Å²) < 4.78 is 0. The highest BCUT2D eigenvalue weighted by molar-refractivity contribution is 4.81. The maximum absolute atomic E-state index is 3.31. The molecule has 0 bridgehead atoms. The van der Waals surface area contributed by atoms with Gasteiger partial charge in [-0.15, -0.1) is 0 Å². The molecular weight excluding hydrogens is 232 g/mol. The lowest BCUT2D eigenvalue weighted by atomic mass is 9.95. The number of nitrogens with zero attached hydrogens (tertiary/aromatic N) is 1. The Kier molecular flexibility index (Phi) is 9.54. The van der Waals surface area contributed by atoms with E-state index in [-0.39, 0.29) is 0 Å². The molecule has 0 aromatic carbocycles. The first-order valence-electron chi connectivity index (χ1n) is 8.70. The Morgan fingerprint density at radius 1 is 1.16 bits per heavy atom. The van der Waals surface area contributed by atoms with Gasteiger partial charge in [0, 0.05) is 12.1 Å². The second-order valence-electron chi connectivity index (χ2n) is 6.33. The van der Waals surface area contributed by atoms with E-state index in [2.05, 4.69) is 31.1 Å². The van der Waals surface area contributed by atoms with Gasteiger partial charge in [0.2, 0.25) is 0 Å². The first-order valence-corrected chi connectivity index (χ1v) is 8.70. The van der Waals surface area contributed by atoms with Gasteiger partial charge in [-0.25, -0.2) is 0 Å². The van der Waals surface area contributed by atoms with E-state index in [1.165, 1.54) is 77.3 Å². The fourth-order valence-corrected chi connectivity index (χ4v) is 3.43. The minimum Gasteiger partial charge on any atom is -0.320 e. The summed E-state index contributed by atoms with van der Waals surface area (Å²) in [7, 11) is 2.07. The number of piperidine rings is 1. The number of hydrogen-bond donors (Lipinski definition) is 1. The molecule has 2 heteroatoms. The van der Waals surface area contributed by atoms with Crippen LogP contribution in [-0.2, 0) is 0 Å². The molecule has 1 rings (SSSR count). The topological polar surface area (TPSA) is 15.3 Å². The molecule has 0 aliphatic carbocycles. The Morgan fingerprint density at radius 2 is 1.95 bits per heavy atom. The van der Waals surface area contributed by atoms with Crippen molar-refractivity contribution in [2.45, 2.75) is 90.1 Å². The summed E-state index contributed by atoms with van der Waals surface area (Å²) in [5.74, 6) is 0. The van der Waals surface area contributed by atoms with Crippen LogP contribution in [-0.4, -0.2) is 37.1 Å². The van der Waals surface area contributed by atoms with Gasteiger partial charge in [-0.1, -0.05) is 45.4 Å². The zero-order valence-electron chi connectivity index (χ0n) is 13.6. The molecule has 1 aliphatic heterocycles. The lowest BCUT2D eigenvalue weighted by molar-refractivity contribution is 0.0912. The molecule has 0 aromatic heterocycles. The molecule has 1 heterocycles. The van der Waals surface area contributed by atoms with Gasteiger partial charge in [0.15, 0.2) is 0 Å². The second kappa shape index (κ2) is 10.7. The van der Waals surface area contributed by atoms with Crippen molar-refractivity contribution in [1.29, 1.82) is 0 Å². The van der Waals surface area contributed by atoms with Crippen molar-refractivity contribution in [3.8, 4) is 0 Å². The van der Waals surface area contributed by atoms with Crippen LogP contribution in [0.2, 0.25) is 0 Å². The van der Waals surface area contributed by atoms with Gasteiger partial charge >= 0.3 is 0 Å². The predicted molar refractivity (Wildman–Crippen MR) is 85.7 cm³/mol. The predicted octanol–water partition coefficient (Wildman–Crippen LogP) is 4.20. The van der Waals surface area contributed by atoms with E-state index in [9.17, 15) is 0 Å². The molecule has 0 spiro atoms. The fourth-order valence-electron chi connectivity index (χ4n) is 3.43. The number of rotatable bonds is 10. The SMILES string of the molecule is CCCCCCCC(C)N1CCCCC1CCNC. The second-order valence-corrected chi connectivity index (χ2v) is 6.33. The van der Waals surface area contributed by atoms with Crippen LogP contribution in [0.25, 0.3) is 0 Å². The van der Waals surface area contributed by atoms with Crippen LogP contribution in [0, 0.1) is 0 Å². The van der Waals surface area contributed by atoms with E-state index in [4.69, 9.17) is 0 Å². The summed E-state index contributed by atoms with van der Waals surface area (Å²) in [6, 6.07) is 1.63. The molecule has 19 heavy (non-hydrogen) atoms. The minimum absolute atomic E-state index is 0.795. The first kappa shape index (κ1) is 17.0. The van der Waals surface area contributed by atoms with Gasteiger partial charge < -0.3 is 5.32 Å². The average Bonchev–Trinajstić information content (AvgIpc) is 2.45.